The lowest BCUT2D eigenvalue weighted by molar-refractivity contribution is 0.0696. The number of rotatable bonds is 3. The van der Waals surface area contributed by atoms with Crippen molar-refractivity contribution in [2.75, 3.05) is 5.32 Å². The zero-order chi connectivity index (χ0) is 15.7. The average molecular weight is 337 g/mol. The first kappa shape index (κ1) is 15.4. The highest BCUT2D eigenvalue weighted by Crippen LogP contribution is 2.31. The average Bonchev–Trinajstić information content (AvgIpc) is 2.41. The fraction of sp³-hybridized carbons (Fsp3) is 0. The molecule has 2 aromatic rings. The Labute approximate surface area is 126 Å². The van der Waals surface area contributed by atoms with Crippen LogP contribution in [0, 0.1) is 17.5 Å². The largest absolute Gasteiger partial charge is 0.478 e. The maximum Gasteiger partial charge on any atom is 0.338 e. The Hall–Kier alpha value is -1.99. The Kier molecular flexibility index (Phi) is 4.24. The highest BCUT2D eigenvalue weighted by Gasteiger charge is 2.23. The summed E-state index contributed by atoms with van der Waals surface area (Å²) < 4.78 is 40.1. The molecule has 0 fully saturated rings. The van der Waals surface area contributed by atoms with Crippen LogP contribution in [0.2, 0.25) is 10.0 Å². The van der Waals surface area contributed by atoms with Crippen LogP contribution in [-0.2, 0) is 0 Å². The Bertz CT molecular complexity index is 741. The number of hydrogen-bond acceptors (Lipinski definition) is 3. The zero-order valence-electron chi connectivity index (χ0n) is 9.92. The summed E-state index contributed by atoms with van der Waals surface area (Å²) in [5.74, 6) is -6.94. The molecular weight excluding hydrogens is 332 g/mol. The molecule has 2 N–H and O–H groups in total. The SMILES string of the molecule is O=C(O)c1cc(F)c(F)c(F)c1Nc1ncc(Cl)cc1Cl. The number of aromatic nitrogens is 1. The fourth-order valence-corrected chi connectivity index (χ4v) is 1.94. The molecule has 9 heteroatoms. The van der Waals surface area contributed by atoms with E-state index in [9.17, 15) is 18.0 Å². The summed E-state index contributed by atoms with van der Waals surface area (Å²) in [7, 11) is 0. The van der Waals surface area contributed by atoms with Crippen molar-refractivity contribution in [2.24, 2.45) is 0 Å². The molecule has 0 atom stereocenters. The molecule has 0 radical (unpaired) electrons. The van der Waals surface area contributed by atoms with Crippen LogP contribution in [0.1, 0.15) is 10.4 Å². The summed E-state index contributed by atoms with van der Waals surface area (Å²) in [6.07, 6.45) is 1.16. The number of halogens is 5. The van der Waals surface area contributed by atoms with Crippen LogP contribution in [0.25, 0.3) is 0 Å². The van der Waals surface area contributed by atoms with Crippen LogP contribution >= 0.6 is 23.2 Å². The van der Waals surface area contributed by atoms with Gasteiger partial charge in [0.25, 0.3) is 0 Å². The second kappa shape index (κ2) is 5.79. The molecule has 2 rings (SSSR count). The molecule has 0 saturated carbocycles. The minimum absolute atomic E-state index is 0.0528. The molecule has 1 aromatic carbocycles. The summed E-state index contributed by atoms with van der Waals surface area (Å²) in [6.45, 7) is 0. The van der Waals surface area contributed by atoms with Crippen molar-refractivity contribution in [2.45, 2.75) is 0 Å². The number of carboxylic acid groups (broad SMARTS) is 1. The quantitative estimate of drug-likeness (QED) is 0.822. The van der Waals surface area contributed by atoms with Gasteiger partial charge in [0, 0.05) is 6.20 Å². The number of nitrogens with one attached hydrogen (secondary N) is 1. The number of nitrogens with zero attached hydrogens (tertiary/aromatic N) is 1. The van der Waals surface area contributed by atoms with Crippen LogP contribution in [0.15, 0.2) is 18.3 Å². The number of benzene rings is 1. The van der Waals surface area contributed by atoms with E-state index in [4.69, 9.17) is 28.3 Å². The first-order valence-electron chi connectivity index (χ1n) is 5.30. The monoisotopic (exact) mass is 336 g/mol. The molecule has 0 aliphatic carbocycles. The second-order valence-corrected chi connectivity index (χ2v) is 4.67. The molecule has 21 heavy (non-hydrogen) atoms. The van der Waals surface area contributed by atoms with E-state index in [0.29, 0.717) is 6.07 Å². The minimum Gasteiger partial charge on any atom is -0.478 e. The molecule has 110 valence electrons. The Morgan fingerprint density at radius 2 is 1.86 bits per heavy atom. The van der Waals surface area contributed by atoms with Gasteiger partial charge < -0.3 is 10.4 Å². The Balaban J connectivity index is 2.57. The van der Waals surface area contributed by atoms with E-state index in [1.807, 2.05) is 0 Å². The van der Waals surface area contributed by atoms with Gasteiger partial charge in [0.1, 0.15) is 5.82 Å². The van der Waals surface area contributed by atoms with Crippen molar-refractivity contribution in [1.82, 2.24) is 4.98 Å². The van der Waals surface area contributed by atoms with Gasteiger partial charge in [-0.3, -0.25) is 0 Å². The number of anilines is 2. The highest BCUT2D eigenvalue weighted by atomic mass is 35.5. The van der Waals surface area contributed by atoms with E-state index in [2.05, 4.69) is 10.3 Å². The van der Waals surface area contributed by atoms with Crippen molar-refractivity contribution in [3.05, 3.63) is 51.4 Å². The van der Waals surface area contributed by atoms with Gasteiger partial charge in [-0.1, -0.05) is 23.2 Å². The topological polar surface area (TPSA) is 62.2 Å². The first-order valence-corrected chi connectivity index (χ1v) is 6.05. The number of hydrogen-bond donors (Lipinski definition) is 2. The number of carboxylic acids is 1. The molecule has 0 saturated heterocycles. The molecule has 1 aromatic heterocycles. The van der Waals surface area contributed by atoms with Crippen LogP contribution in [0.5, 0.6) is 0 Å². The molecule has 4 nitrogen and oxygen atoms in total. The summed E-state index contributed by atoms with van der Waals surface area (Å²) >= 11 is 11.4. The van der Waals surface area contributed by atoms with E-state index >= 15 is 0 Å². The maximum absolute atomic E-state index is 13.7. The lowest BCUT2D eigenvalue weighted by Crippen LogP contribution is -2.09. The smallest absolute Gasteiger partial charge is 0.338 e. The van der Waals surface area contributed by atoms with Crippen molar-refractivity contribution in [3.63, 3.8) is 0 Å². The predicted molar refractivity (Wildman–Crippen MR) is 70.8 cm³/mol. The van der Waals surface area contributed by atoms with Crippen molar-refractivity contribution >= 4 is 40.7 Å². The highest BCUT2D eigenvalue weighted by molar-refractivity contribution is 6.36. The van der Waals surface area contributed by atoms with Crippen LogP contribution in [0.3, 0.4) is 0 Å². The summed E-state index contributed by atoms with van der Waals surface area (Å²) in [6, 6.07) is 1.61. The van der Waals surface area contributed by atoms with Crippen molar-refractivity contribution in [3.8, 4) is 0 Å². The maximum atomic E-state index is 13.7. The molecule has 0 aliphatic heterocycles. The molecule has 1 heterocycles. The fourth-order valence-electron chi connectivity index (χ4n) is 1.51. The van der Waals surface area contributed by atoms with Gasteiger partial charge in [-0.05, 0) is 12.1 Å². The minimum atomic E-state index is -1.81. The first-order chi connectivity index (χ1) is 9.81. The van der Waals surface area contributed by atoms with Crippen molar-refractivity contribution in [1.29, 1.82) is 0 Å². The van der Waals surface area contributed by atoms with Crippen LogP contribution < -0.4 is 5.32 Å². The van der Waals surface area contributed by atoms with Gasteiger partial charge in [-0.25, -0.2) is 22.9 Å². The van der Waals surface area contributed by atoms with Crippen LogP contribution in [-0.4, -0.2) is 16.1 Å². The summed E-state index contributed by atoms with van der Waals surface area (Å²) in [4.78, 5) is 14.7. The van der Waals surface area contributed by atoms with E-state index in [1.54, 1.807) is 0 Å². The van der Waals surface area contributed by atoms with Gasteiger partial charge in [-0.2, -0.15) is 0 Å². The lowest BCUT2D eigenvalue weighted by Gasteiger charge is -2.12. The standard InChI is InChI=1S/C12H5Cl2F3N2O2/c13-4-1-6(14)11(18-3-4)19-10-5(12(20)21)2-7(15)8(16)9(10)17/h1-3H,(H,18,19)(H,20,21). The van der Waals surface area contributed by atoms with E-state index in [0.717, 1.165) is 6.20 Å². The second-order valence-electron chi connectivity index (χ2n) is 3.82. The molecular formula is C12H5Cl2F3N2O2. The summed E-state index contributed by atoms with van der Waals surface area (Å²) in [5, 5.41) is 11.3. The van der Waals surface area contributed by atoms with Gasteiger partial charge >= 0.3 is 5.97 Å². The van der Waals surface area contributed by atoms with Gasteiger partial charge in [0.15, 0.2) is 17.5 Å². The molecule has 0 bridgehead atoms. The third-order valence-corrected chi connectivity index (χ3v) is 2.94. The molecule has 0 spiro atoms. The van der Waals surface area contributed by atoms with Gasteiger partial charge in [0.05, 0.1) is 21.3 Å². The van der Waals surface area contributed by atoms with Crippen molar-refractivity contribution < 1.29 is 23.1 Å². The van der Waals surface area contributed by atoms with Crippen LogP contribution in [0.4, 0.5) is 24.7 Å². The van der Waals surface area contributed by atoms with Gasteiger partial charge in [-0.15, -0.1) is 0 Å². The van der Waals surface area contributed by atoms with E-state index < -0.39 is 34.7 Å². The summed E-state index contributed by atoms with van der Waals surface area (Å²) in [5.41, 5.74) is -1.60. The number of aromatic carboxylic acids is 1. The lowest BCUT2D eigenvalue weighted by atomic mass is 10.1. The number of pyridine rings is 1. The molecule has 0 aliphatic rings. The Morgan fingerprint density at radius 3 is 2.43 bits per heavy atom. The molecule has 0 amide bonds. The van der Waals surface area contributed by atoms with E-state index in [-0.39, 0.29) is 15.9 Å². The molecule has 0 unspecified atom stereocenters. The zero-order valence-corrected chi connectivity index (χ0v) is 11.4. The van der Waals surface area contributed by atoms with Gasteiger partial charge in [0.2, 0.25) is 0 Å². The normalized spacial score (nSPS) is 10.5. The predicted octanol–water partition coefficient (Wildman–Crippen LogP) is 4.25. The van der Waals surface area contributed by atoms with E-state index in [1.165, 1.54) is 6.07 Å². The third kappa shape index (κ3) is 3.03. The number of carbonyl (C=O) groups is 1. The third-order valence-electron chi connectivity index (χ3n) is 2.44. The Morgan fingerprint density at radius 1 is 1.19 bits per heavy atom.